The molecule has 1 aliphatic heterocycles. The molecule has 0 spiro atoms. The number of hydrogen-bond acceptors (Lipinski definition) is 5. The summed E-state index contributed by atoms with van der Waals surface area (Å²) in [5.41, 5.74) is 4.75. The summed E-state index contributed by atoms with van der Waals surface area (Å²) in [5.74, 6) is 0.147. The SMILES string of the molecule is CN1CCN(c2ccc(C(=O)Nc3ccn[nH]3)cc2-c2cccc(NC(=O)c3ccccc3)c2)CC1. The van der Waals surface area contributed by atoms with Gasteiger partial charge in [0.25, 0.3) is 11.8 Å². The standard InChI is InChI=1S/C28H28N6O2/c1-33-14-16-34(17-15-33)25-11-10-22(28(36)31-26-12-13-29-32-26)19-24(25)21-8-5-9-23(18-21)30-27(35)20-6-3-2-4-7-20/h2-13,18-19H,14-17H2,1H3,(H,30,35)(H2,29,31,32,36). The molecule has 0 radical (unpaired) electrons. The van der Waals surface area contributed by atoms with Crippen molar-refractivity contribution in [2.75, 3.05) is 48.8 Å². The van der Waals surface area contributed by atoms with Crippen LogP contribution in [-0.2, 0) is 0 Å². The van der Waals surface area contributed by atoms with Crippen LogP contribution < -0.4 is 15.5 Å². The number of likely N-dealkylation sites (N-methyl/N-ethyl adjacent to an activating group) is 1. The van der Waals surface area contributed by atoms with E-state index in [4.69, 9.17) is 0 Å². The number of piperazine rings is 1. The number of carbonyl (C=O) groups is 2. The van der Waals surface area contributed by atoms with Crippen LogP contribution in [0.1, 0.15) is 20.7 Å². The Kier molecular flexibility index (Phi) is 6.77. The summed E-state index contributed by atoms with van der Waals surface area (Å²) >= 11 is 0. The smallest absolute Gasteiger partial charge is 0.256 e. The lowest BCUT2D eigenvalue weighted by atomic mass is 9.98. The van der Waals surface area contributed by atoms with Gasteiger partial charge in [-0.3, -0.25) is 14.7 Å². The number of hydrogen-bond donors (Lipinski definition) is 3. The Hall–Kier alpha value is -4.43. The molecular formula is C28H28N6O2. The van der Waals surface area contributed by atoms with Crippen molar-refractivity contribution in [2.45, 2.75) is 0 Å². The lowest BCUT2D eigenvalue weighted by Gasteiger charge is -2.35. The minimum Gasteiger partial charge on any atom is -0.368 e. The molecular weight excluding hydrogens is 452 g/mol. The van der Waals surface area contributed by atoms with Crippen LogP contribution in [0.3, 0.4) is 0 Å². The third-order valence-electron chi connectivity index (χ3n) is 6.32. The Morgan fingerprint density at radius 2 is 1.58 bits per heavy atom. The number of rotatable bonds is 6. The lowest BCUT2D eigenvalue weighted by Crippen LogP contribution is -2.44. The number of nitrogens with one attached hydrogen (secondary N) is 3. The average molecular weight is 481 g/mol. The number of benzene rings is 3. The summed E-state index contributed by atoms with van der Waals surface area (Å²) in [6.07, 6.45) is 1.59. The van der Waals surface area contributed by atoms with Crippen LogP contribution in [0.5, 0.6) is 0 Å². The maximum atomic E-state index is 13.0. The molecule has 0 saturated carbocycles. The topological polar surface area (TPSA) is 93.4 Å². The summed E-state index contributed by atoms with van der Waals surface area (Å²) in [7, 11) is 2.13. The van der Waals surface area contributed by atoms with Gasteiger partial charge in [0.1, 0.15) is 5.82 Å². The Balaban J connectivity index is 1.48. The van der Waals surface area contributed by atoms with Crippen molar-refractivity contribution >= 4 is 29.0 Å². The van der Waals surface area contributed by atoms with Gasteiger partial charge in [-0.15, -0.1) is 0 Å². The van der Waals surface area contributed by atoms with E-state index in [1.165, 1.54) is 0 Å². The molecule has 1 aromatic heterocycles. The van der Waals surface area contributed by atoms with Crippen molar-refractivity contribution in [1.29, 1.82) is 0 Å². The van der Waals surface area contributed by atoms with Gasteiger partial charge in [0.05, 0.1) is 6.20 Å². The first kappa shape index (κ1) is 23.3. The van der Waals surface area contributed by atoms with Crippen LogP contribution in [0, 0.1) is 0 Å². The van der Waals surface area contributed by atoms with E-state index >= 15 is 0 Å². The van der Waals surface area contributed by atoms with Crippen LogP contribution in [0.15, 0.2) is 85.1 Å². The Labute approximate surface area is 209 Å². The van der Waals surface area contributed by atoms with Crippen molar-refractivity contribution in [3.8, 4) is 11.1 Å². The molecule has 8 nitrogen and oxygen atoms in total. The lowest BCUT2D eigenvalue weighted by molar-refractivity contribution is 0.101. The highest BCUT2D eigenvalue weighted by Gasteiger charge is 2.20. The Morgan fingerprint density at radius 3 is 2.33 bits per heavy atom. The monoisotopic (exact) mass is 480 g/mol. The second-order valence-corrected chi connectivity index (χ2v) is 8.85. The van der Waals surface area contributed by atoms with Crippen LogP contribution in [0.25, 0.3) is 11.1 Å². The fourth-order valence-electron chi connectivity index (χ4n) is 4.31. The van der Waals surface area contributed by atoms with Crippen molar-refractivity contribution < 1.29 is 9.59 Å². The zero-order chi connectivity index (χ0) is 24.9. The molecule has 0 aliphatic carbocycles. The molecule has 0 unspecified atom stereocenters. The summed E-state index contributed by atoms with van der Waals surface area (Å²) in [6, 6.07) is 24.4. The van der Waals surface area contributed by atoms with Gasteiger partial charge in [-0.05, 0) is 55.1 Å². The van der Waals surface area contributed by atoms with Gasteiger partial charge >= 0.3 is 0 Å². The maximum Gasteiger partial charge on any atom is 0.256 e. The molecule has 3 N–H and O–H groups in total. The number of nitrogens with zero attached hydrogens (tertiary/aromatic N) is 3. The maximum absolute atomic E-state index is 13.0. The molecule has 1 saturated heterocycles. The van der Waals surface area contributed by atoms with Crippen LogP contribution in [0.4, 0.5) is 17.2 Å². The van der Waals surface area contributed by atoms with Crippen molar-refractivity contribution in [1.82, 2.24) is 15.1 Å². The van der Waals surface area contributed by atoms with E-state index in [0.29, 0.717) is 22.6 Å². The van der Waals surface area contributed by atoms with Gasteiger partial charge < -0.3 is 20.4 Å². The molecule has 3 aromatic carbocycles. The van der Waals surface area contributed by atoms with Gasteiger partial charge in [0.15, 0.2) is 0 Å². The summed E-state index contributed by atoms with van der Waals surface area (Å²) in [5, 5.41) is 12.5. The summed E-state index contributed by atoms with van der Waals surface area (Å²) in [4.78, 5) is 30.3. The van der Waals surface area contributed by atoms with E-state index in [1.807, 2.05) is 60.7 Å². The molecule has 36 heavy (non-hydrogen) atoms. The normalized spacial score (nSPS) is 13.9. The van der Waals surface area contributed by atoms with E-state index in [0.717, 1.165) is 43.0 Å². The minimum atomic E-state index is -0.223. The van der Waals surface area contributed by atoms with E-state index in [2.05, 4.69) is 37.7 Å². The van der Waals surface area contributed by atoms with Crippen LogP contribution >= 0.6 is 0 Å². The zero-order valence-corrected chi connectivity index (χ0v) is 20.1. The number of H-pyrrole nitrogens is 1. The molecule has 1 aliphatic rings. The zero-order valence-electron chi connectivity index (χ0n) is 20.1. The van der Waals surface area contributed by atoms with E-state index in [-0.39, 0.29) is 11.8 Å². The quantitative estimate of drug-likeness (QED) is 0.382. The van der Waals surface area contributed by atoms with E-state index in [9.17, 15) is 9.59 Å². The highest BCUT2D eigenvalue weighted by atomic mass is 16.2. The summed E-state index contributed by atoms with van der Waals surface area (Å²) < 4.78 is 0. The molecule has 4 aromatic rings. The highest BCUT2D eigenvalue weighted by Crippen LogP contribution is 2.34. The van der Waals surface area contributed by atoms with Crippen molar-refractivity contribution in [3.05, 3.63) is 96.2 Å². The number of aromatic amines is 1. The van der Waals surface area contributed by atoms with Gasteiger partial charge in [0, 0.05) is 60.3 Å². The fourth-order valence-corrected chi connectivity index (χ4v) is 4.31. The molecule has 2 heterocycles. The third-order valence-corrected chi connectivity index (χ3v) is 6.32. The second kappa shape index (κ2) is 10.5. The van der Waals surface area contributed by atoms with Crippen molar-refractivity contribution in [2.24, 2.45) is 0 Å². The first-order valence-electron chi connectivity index (χ1n) is 11.9. The average Bonchev–Trinajstić information content (AvgIpc) is 3.42. The predicted octanol–water partition coefficient (Wildman–Crippen LogP) is 4.33. The number of anilines is 3. The molecule has 5 rings (SSSR count). The molecule has 0 bridgehead atoms. The van der Waals surface area contributed by atoms with E-state index < -0.39 is 0 Å². The largest absolute Gasteiger partial charge is 0.368 e. The van der Waals surface area contributed by atoms with Crippen LogP contribution in [-0.4, -0.2) is 60.1 Å². The van der Waals surface area contributed by atoms with Gasteiger partial charge in [-0.1, -0.05) is 30.3 Å². The van der Waals surface area contributed by atoms with Crippen molar-refractivity contribution in [3.63, 3.8) is 0 Å². The van der Waals surface area contributed by atoms with Crippen LogP contribution in [0.2, 0.25) is 0 Å². The fraction of sp³-hybridized carbons (Fsp3) is 0.179. The molecule has 182 valence electrons. The molecule has 1 fully saturated rings. The Bertz CT molecular complexity index is 1350. The minimum absolute atomic E-state index is 0.167. The van der Waals surface area contributed by atoms with Gasteiger partial charge in [-0.25, -0.2) is 0 Å². The number of amides is 2. The van der Waals surface area contributed by atoms with Gasteiger partial charge in [0.2, 0.25) is 0 Å². The number of carbonyl (C=O) groups excluding carboxylic acids is 2. The first-order chi connectivity index (χ1) is 17.6. The highest BCUT2D eigenvalue weighted by molar-refractivity contribution is 6.06. The first-order valence-corrected chi connectivity index (χ1v) is 11.9. The number of aromatic nitrogens is 2. The molecule has 0 atom stereocenters. The van der Waals surface area contributed by atoms with E-state index in [1.54, 1.807) is 24.4 Å². The summed E-state index contributed by atoms with van der Waals surface area (Å²) in [6.45, 7) is 3.73. The van der Waals surface area contributed by atoms with Gasteiger partial charge in [-0.2, -0.15) is 5.10 Å². The third kappa shape index (κ3) is 5.29. The molecule has 8 heteroatoms. The predicted molar refractivity (Wildman–Crippen MR) is 143 cm³/mol. The molecule has 2 amide bonds. The second-order valence-electron chi connectivity index (χ2n) is 8.85. The Morgan fingerprint density at radius 1 is 0.806 bits per heavy atom.